The molecular weight excluding hydrogens is 379 g/mol. The molecule has 0 unspecified atom stereocenters. The Bertz CT molecular complexity index is 899. The number of allylic oxidation sites excluding steroid dienone is 1. The van der Waals surface area contributed by atoms with Gasteiger partial charge in [0.25, 0.3) is 5.91 Å². The average Bonchev–Trinajstić information content (AvgIpc) is 2.92. The molecule has 1 amide bonds. The third-order valence-corrected chi connectivity index (χ3v) is 6.28. The van der Waals surface area contributed by atoms with Gasteiger partial charge in [0.1, 0.15) is 5.82 Å². The van der Waals surface area contributed by atoms with E-state index in [1.54, 1.807) is 6.07 Å². The lowest BCUT2D eigenvalue weighted by Crippen LogP contribution is -2.36. The van der Waals surface area contributed by atoms with E-state index in [2.05, 4.69) is 11.9 Å². The maximum atomic E-state index is 14.0. The number of nitrogens with one attached hydrogen (secondary N) is 1. The highest BCUT2D eigenvalue weighted by atomic mass is 19.1. The number of hydrogen-bond donors (Lipinski definition) is 1. The lowest BCUT2D eigenvalue weighted by Gasteiger charge is -2.25. The molecule has 1 aromatic heterocycles. The number of fused-ring (bicyclic) bond motifs is 1. The number of carbonyl (C=O) groups excluding carboxylic acids is 1. The zero-order valence-corrected chi connectivity index (χ0v) is 17.6. The number of nitrogens with zero attached hydrogens (tertiary/aromatic N) is 3. The maximum Gasteiger partial charge on any atom is 0.274 e. The molecular formula is C24H31FN4O. The van der Waals surface area contributed by atoms with Gasteiger partial charge in [0.05, 0.1) is 6.54 Å². The van der Waals surface area contributed by atoms with Gasteiger partial charge >= 0.3 is 0 Å². The lowest BCUT2D eigenvalue weighted by molar-refractivity contribution is 0.0753. The molecule has 2 heterocycles. The van der Waals surface area contributed by atoms with Gasteiger partial charge in [0.2, 0.25) is 0 Å². The first kappa shape index (κ1) is 20.8. The smallest absolute Gasteiger partial charge is 0.274 e. The Kier molecular flexibility index (Phi) is 6.62. The first-order valence-electron chi connectivity index (χ1n) is 11.1. The first-order chi connectivity index (χ1) is 14.7. The van der Waals surface area contributed by atoms with E-state index in [9.17, 15) is 9.18 Å². The molecule has 1 aliphatic heterocycles. The van der Waals surface area contributed by atoms with Gasteiger partial charge in [-0.2, -0.15) is 5.10 Å². The van der Waals surface area contributed by atoms with Crippen molar-refractivity contribution in [3.8, 4) is 0 Å². The third kappa shape index (κ3) is 4.48. The van der Waals surface area contributed by atoms with Gasteiger partial charge in [0, 0.05) is 42.5 Å². The van der Waals surface area contributed by atoms with Crippen molar-refractivity contribution < 1.29 is 9.18 Å². The summed E-state index contributed by atoms with van der Waals surface area (Å²) < 4.78 is 15.9. The summed E-state index contributed by atoms with van der Waals surface area (Å²) in [6.07, 6.45) is 8.89. The SMILES string of the molecule is C=CCn1nc(C(=O)N2CCCCCC2)c2c1CC[C@@H](NCc1ccccc1F)C2. The highest BCUT2D eigenvalue weighted by Crippen LogP contribution is 2.27. The van der Waals surface area contributed by atoms with E-state index in [0.29, 0.717) is 24.3 Å². The van der Waals surface area contributed by atoms with E-state index in [-0.39, 0.29) is 17.8 Å². The highest BCUT2D eigenvalue weighted by molar-refractivity contribution is 5.94. The minimum absolute atomic E-state index is 0.0608. The van der Waals surface area contributed by atoms with Crippen LogP contribution in [-0.2, 0) is 25.9 Å². The Morgan fingerprint density at radius 1 is 1.23 bits per heavy atom. The second-order valence-electron chi connectivity index (χ2n) is 8.36. The summed E-state index contributed by atoms with van der Waals surface area (Å²) in [5.41, 5.74) is 3.48. The van der Waals surface area contributed by atoms with Crippen LogP contribution < -0.4 is 5.32 Å². The predicted molar refractivity (Wildman–Crippen MR) is 116 cm³/mol. The number of rotatable bonds is 6. The molecule has 160 valence electrons. The standard InChI is InChI=1S/C24H31FN4O/c1-2-13-29-22-12-11-19(26-17-18-9-5-6-10-21(18)25)16-20(22)23(27-29)24(30)28-14-7-3-4-8-15-28/h2,5-6,9-10,19,26H,1,3-4,7-8,11-17H2/t19-/m1/s1. The number of benzene rings is 1. The minimum atomic E-state index is -0.183. The van der Waals surface area contributed by atoms with Crippen molar-refractivity contribution in [2.24, 2.45) is 0 Å². The summed E-state index contributed by atoms with van der Waals surface area (Å²) in [7, 11) is 0. The first-order valence-corrected chi connectivity index (χ1v) is 11.1. The molecule has 1 aliphatic carbocycles. The number of aromatic nitrogens is 2. The quantitative estimate of drug-likeness (QED) is 0.736. The number of likely N-dealkylation sites (tertiary alicyclic amines) is 1. The van der Waals surface area contributed by atoms with Crippen LogP contribution in [0.4, 0.5) is 4.39 Å². The fourth-order valence-corrected chi connectivity index (χ4v) is 4.63. The lowest BCUT2D eigenvalue weighted by atomic mass is 9.90. The molecule has 0 radical (unpaired) electrons. The Balaban J connectivity index is 1.53. The zero-order chi connectivity index (χ0) is 20.9. The van der Waals surface area contributed by atoms with Gasteiger partial charge in [-0.15, -0.1) is 6.58 Å². The summed E-state index contributed by atoms with van der Waals surface area (Å²) >= 11 is 0. The molecule has 1 saturated heterocycles. The second kappa shape index (κ2) is 9.56. The Morgan fingerprint density at radius 2 is 2.00 bits per heavy atom. The predicted octanol–water partition coefficient (Wildman–Crippen LogP) is 3.87. The molecule has 1 atom stereocenters. The average molecular weight is 411 g/mol. The minimum Gasteiger partial charge on any atom is -0.337 e. The Morgan fingerprint density at radius 3 is 2.73 bits per heavy atom. The maximum absolute atomic E-state index is 14.0. The van der Waals surface area contributed by atoms with E-state index in [1.165, 1.54) is 18.9 Å². The summed E-state index contributed by atoms with van der Waals surface area (Å²) in [5.74, 6) is -0.122. The number of hydrogen-bond acceptors (Lipinski definition) is 3. The highest BCUT2D eigenvalue weighted by Gasteiger charge is 2.31. The molecule has 1 N–H and O–H groups in total. The molecule has 4 rings (SSSR count). The Labute approximate surface area is 178 Å². The normalized spacial score (nSPS) is 19.2. The Hall–Kier alpha value is -2.47. The molecule has 30 heavy (non-hydrogen) atoms. The van der Waals surface area contributed by atoms with E-state index in [4.69, 9.17) is 5.10 Å². The van der Waals surface area contributed by atoms with Crippen LogP contribution in [-0.4, -0.2) is 39.7 Å². The second-order valence-corrected chi connectivity index (χ2v) is 8.36. The summed E-state index contributed by atoms with van der Waals surface area (Å²) in [6.45, 7) is 6.58. The van der Waals surface area contributed by atoms with Crippen LogP contribution in [0.25, 0.3) is 0 Å². The molecule has 2 aromatic rings. The fraction of sp³-hybridized carbons (Fsp3) is 0.500. The van der Waals surface area contributed by atoms with Crippen molar-refractivity contribution >= 4 is 5.91 Å². The van der Waals surface area contributed by atoms with E-state index < -0.39 is 0 Å². The van der Waals surface area contributed by atoms with Crippen molar-refractivity contribution in [2.75, 3.05) is 13.1 Å². The molecule has 0 saturated carbocycles. The molecule has 0 bridgehead atoms. The zero-order valence-electron chi connectivity index (χ0n) is 17.6. The van der Waals surface area contributed by atoms with E-state index >= 15 is 0 Å². The number of amides is 1. The monoisotopic (exact) mass is 410 g/mol. The third-order valence-electron chi connectivity index (χ3n) is 6.28. The molecule has 0 spiro atoms. The van der Waals surface area contributed by atoms with Crippen LogP contribution in [0, 0.1) is 5.82 Å². The van der Waals surface area contributed by atoms with Crippen LogP contribution in [0.5, 0.6) is 0 Å². The van der Waals surface area contributed by atoms with Crippen LogP contribution >= 0.6 is 0 Å². The van der Waals surface area contributed by atoms with Gasteiger partial charge in [-0.05, 0) is 38.2 Å². The molecule has 2 aliphatic rings. The van der Waals surface area contributed by atoms with Gasteiger partial charge in [-0.1, -0.05) is 37.1 Å². The van der Waals surface area contributed by atoms with Crippen LogP contribution in [0.15, 0.2) is 36.9 Å². The van der Waals surface area contributed by atoms with Crippen molar-refractivity contribution in [1.82, 2.24) is 20.0 Å². The molecule has 1 fully saturated rings. The molecule has 1 aromatic carbocycles. The molecule has 5 nitrogen and oxygen atoms in total. The van der Waals surface area contributed by atoms with E-state index in [0.717, 1.165) is 56.5 Å². The van der Waals surface area contributed by atoms with Crippen LogP contribution in [0.1, 0.15) is 59.4 Å². The largest absolute Gasteiger partial charge is 0.337 e. The van der Waals surface area contributed by atoms with Gasteiger partial charge in [-0.25, -0.2) is 4.39 Å². The van der Waals surface area contributed by atoms with Crippen molar-refractivity contribution in [2.45, 2.75) is 64.1 Å². The van der Waals surface area contributed by atoms with Gasteiger partial charge in [-0.3, -0.25) is 9.48 Å². The van der Waals surface area contributed by atoms with Gasteiger partial charge in [0.15, 0.2) is 5.69 Å². The summed E-state index contributed by atoms with van der Waals surface area (Å²) in [6, 6.07) is 7.08. The van der Waals surface area contributed by atoms with Gasteiger partial charge < -0.3 is 10.2 Å². The van der Waals surface area contributed by atoms with Crippen LogP contribution in [0.2, 0.25) is 0 Å². The fourth-order valence-electron chi connectivity index (χ4n) is 4.63. The van der Waals surface area contributed by atoms with Crippen molar-refractivity contribution in [3.63, 3.8) is 0 Å². The van der Waals surface area contributed by atoms with Crippen molar-refractivity contribution in [3.05, 3.63) is 65.3 Å². The van der Waals surface area contributed by atoms with Crippen LogP contribution in [0.3, 0.4) is 0 Å². The van der Waals surface area contributed by atoms with Crippen molar-refractivity contribution in [1.29, 1.82) is 0 Å². The molecule has 6 heteroatoms. The summed E-state index contributed by atoms with van der Waals surface area (Å²) in [4.78, 5) is 15.3. The topological polar surface area (TPSA) is 50.2 Å². The number of carbonyl (C=O) groups is 1. The summed E-state index contributed by atoms with van der Waals surface area (Å²) in [5, 5.41) is 8.22. The number of halogens is 1. The van der Waals surface area contributed by atoms with E-state index in [1.807, 2.05) is 27.8 Å².